The second-order valence-corrected chi connectivity index (χ2v) is 10.7. The molecule has 6 rings (SSSR count). The monoisotopic (exact) mass is 680 g/mol. The number of fused-ring (bicyclic) bond motifs is 3. The predicted octanol–water partition coefficient (Wildman–Crippen LogP) is 8.23. The maximum atomic E-state index is 5.56. The SMILES string of the molecule is CC(C)c1ccnc(N2c3[c-]c(-c4ccc5cccc([S-])c5n4)ccc3C(C)(C)c3ccccc32)c1.[Pt+2]. The minimum absolute atomic E-state index is 0. The number of rotatable bonds is 3. The maximum Gasteiger partial charge on any atom is 2.00 e. The number of aromatic nitrogens is 2. The number of anilines is 3. The zero-order valence-electron chi connectivity index (χ0n) is 21.2. The Morgan fingerprint density at radius 3 is 2.51 bits per heavy atom. The van der Waals surface area contributed by atoms with Crippen LogP contribution in [0.5, 0.6) is 0 Å². The fourth-order valence-electron chi connectivity index (χ4n) is 5.20. The molecule has 0 amide bonds. The number of hydrogen-bond acceptors (Lipinski definition) is 4. The van der Waals surface area contributed by atoms with Gasteiger partial charge in [0.1, 0.15) is 5.82 Å². The third kappa shape index (κ3) is 4.27. The van der Waals surface area contributed by atoms with Gasteiger partial charge < -0.3 is 17.5 Å². The Morgan fingerprint density at radius 1 is 0.892 bits per heavy atom. The van der Waals surface area contributed by atoms with Gasteiger partial charge in [0.15, 0.2) is 0 Å². The number of para-hydroxylation sites is 2. The van der Waals surface area contributed by atoms with Gasteiger partial charge in [0.05, 0.1) is 0 Å². The van der Waals surface area contributed by atoms with Crippen molar-refractivity contribution >= 4 is 40.7 Å². The predicted molar refractivity (Wildman–Crippen MR) is 150 cm³/mol. The smallest absolute Gasteiger partial charge is 0.778 e. The molecule has 0 saturated carbocycles. The summed E-state index contributed by atoms with van der Waals surface area (Å²) in [7, 11) is 0. The quantitative estimate of drug-likeness (QED) is 0.142. The molecule has 1 aliphatic heterocycles. The van der Waals surface area contributed by atoms with Gasteiger partial charge in [-0.2, -0.15) is 0 Å². The van der Waals surface area contributed by atoms with Crippen LogP contribution < -0.4 is 4.90 Å². The Balaban J connectivity index is 0.00000280. The third-order valence-corrected chi connectivity index (χ3v) is 7.59. The summed E-state index contributed by atoms with van der Waals surface area (Å²) >= 11 is 5.56. The van der Waals surface area contributed by atoms with Gasteiger partial charge >= 0.3 is 21.1 Å². The fourth-order valence-corrected chi connectivity index (χ4v) is 5.44. The van der Waals surface area contributed by atoms with Crippen LogP contribution in [0, 0.1) is 6.07 Å². The summed E-state index contributed by atoms with van der Waals surface area (Å²) in [5.41, 5.74) is 8.37. The standard InChI is InChI=1S/C32H28N3S.Pt/c1-20(2)22-16-17-33-30(19-22)35-27-10-6-5-9-24(27)32(3,4)25-14-12-23(18-28(25)35)26-15-13-21-8-7-11-29(36)31(21)34-26;/h5-17,19-20,36H,1-4H3;/q-1;+2/p-1. The van der Waals surface area contributed by atoms with Crippen LogP contribution in [-0.4, -0.2) is 9.97 Å². The molecule has 5 heteroatoms. The zero-order valence-corrected chi connectivity index (χ0v) is 24.3. The molecule has 3 nitrogen and oxygen atoms in total. The number of pyridine rings is 2. The second-order valence-electron chi connectivity index (χ2n) is 10.2. The molecule has 0 saturated heterocycles. The van der Waals surface area contributed by atoms with Gasteiger partial charge in [-0.3, -0.25) is 4.98 Å². The summed E-state index contributed by atoms with van der Waals surface area (Å²) in [5.74, 6) is 1.31. The largest absolute Gasteiger partial charge is 2.00 e. The van der Waals surface area contributed by atoms with E-state index in [9.17, 15) is 0 Å². The van der Waals surface area contributed by atoms with Crippen molar-refractivity contribution in [2.75, 3.05) is 4.90 Å². The summed E-state index contributed by atoms with van der Waals surface area (Å²) in [6.07, 6.45) is 1.91. The zero-order chi connectivity index (χ0) is 25.0. The molecule has 0 unspecified atom stereocenters. The van der Waals surface area contributed by atoms with Crippen molar-refractivity contribution in [1.29, 1.82) is 0 Å². The van der Waals surface area contributed by atoms with E-state index in [0.29, 0.717) is 5.92 Å². The van der Waals surface area contributed by atoms with Gasteiger partial charge in [-0.05, 0) is 57.4 Å². The van der Waals surface area contributed by atoms with E-state index in [1.807, 2.05) is 24.4 Å². The van der Waals surface area contributed by atoms with Crippen LogP contribution in [0.15, 0.2) is 90.0 Å². The van der Waals surface area contributed by atoms with Crippen molar-refractivity contribution in [2.24, 2.45) is 0 Å². The van der Waals surface area contributed by atoms with Crippen molar-refractivity contribution in [3.8, 4) is 11.3 Å². The van der Waals surface area contributed by atoms with Crippen LogP contribution in [0.25, 0.3) is 22.2 Å². The summed E-state index contributed by atoms with van der Waals surface area (Å²) in [6.45, 7) is 8.99. The molecule has 1 aliphatic rings. The topological polar surface area (TPSA) is 29.0 Å². The van der Waals surface area contributed by atoms with Crippen molar-refractivity contribution in [3.05, 3.63) is 108 Å². The maximum absolute atomic E-state index is 5.56. The first-order valence-corrected chi connectivity index (χ1v) is 12.7. The van der Waals surface area contributed by atoms with Crippen LogP contribution >= 0.6 is 0 Å². The molecule has 0 fully saturated rings. The minimum atomic E-state index is -0.183. The molecule has 3 aromatic carbocycles. The molecule has 3 heterocycles. The van der Waals surface area contributed by atoms with Crippen LogP contribution in [0.1, 0.15) is 50.3 Å². The van der Waals surface area contributed by atoms with Gasteiger partial charge in [0.2, 0.25) is 0 Å². The van der Waals surface area contributed by atoms with E-state index in [1.54, 1.807) is 0 Å². The average molecular weight is 681 g/mol. The molecule has 5 aromatic rings. The van der Waals surface area contributed by atoms with Gasteiger partial charge in [-0.15, -0.1) is 28.7 Å². The van der Waals surface area contributed by atoms with Crippen LogP contribution in [-0.2, 0) is 39.1 Å². The summed E-state index contributed by atoms with van der Waals surface area (Å²) in [4.78, 5) is 12.8. The van der Waals surface area contributed by atoms with E-state index in [1.165, 1.54) is 16.7 Å². The molecule has 186 valence electrons. The van der Waals surface area contributed by atoms with Gasteiger partial charge in [-0.1, -0.05) is 81.8 Å². The summed E-state index contributed by atoms with van der Waals surface area (Å²) < 4.78 is 0. The van der Waals surface area contributed by atoms with E-state index in [-0.39, 0.29) is 26.5 Å². The van der Waals surface area contributed by atoms with Gasteiger partial charge in [0, 0.05) is 17.4 Å². The Bertz CT molecular complexity index is 1630. The normalized spacial score (nSPS) is 13.7. The van der Waals surface area contributed by atoms with Crippen molar-refractivity contribution in [1.82, 2.24) is 9.97 Å². The molecule has 0 spiro atoms. The van der Waals surface area contributed by atoms with E-state index in [2.05, 4.69) is 99.3 Å². The molecule has 0 atom stereocenters. The Labute approximate surface area is 238 Å². The molecule has 0 aliphatic carbocycles. The minimum Gasteiger partial charge on any atom is -0.778 e. The molecular weight excluding hydrogens is 654 g/mol. The van der Waals surface area contributed by atoms with Crippen LogP contribution in [0.2, 0.25) is 0 Å². The molecular formula is C32H27N3PtS. The van der Waals surface area contributed by atoms with Crippen molar-refractivity contribution in [3.63, 3.8) is 0 Å². The first-order valence-electron chi connectivity index (χ1n) is 12.3. The fraction of sp³-hybridized carbons (Fsp3) is 0.188. The molecule has 0 N–H and O–H groups in total. The Morgan fingerprint density at radius 2 is 1.70 bits per heavy atom. The van der Waals surface area contributed by atoms with Crippen LogP contribution in [0.4, 0.5) is 17.2 Å². The first-order chi connectivity index (χ1) is 17.3. The second kappa shape index (κ2) is 9.67. The number of hydrogen-bond donors (Lipinski definition) is 0. The first kappa shape index (κ1) is 25.6. The molecule has 0 bridgehead atoms. The van der Waals surface area contributed by atoms with E-state index < -0.39 is 0 Å². The average Bonchev–Trinajstić information content (AvgIpc) is 2.89. The molecule has 37 heavy (non-hydrogen) atoms. The Hall–Kier alpha value is -3.07. The van der Waals surface area contributed by atoms with Crippen molar-refractivity contribution < 1.29 is 21.1 Å². The van der Waals surface area contributed by atoms with Gasteiger partial charge in [-0.25, -0.2) is 4.98 Å². The van der Waals surface area contributed by atoms with Gasteiger partial charge in [0.25, 0.3) is 0 Å². The van der Waals surface area contributed by atoms with Crippen molar-refractivity contribution in [2.45, 2.75) is 43.9 Å². The Kier molecular flexibility index (Phi) is 6.68. The van der Waals surface area contributed by atoms with E-state index in [4.69, 9.17) is 22.6 Å². The molecule has 2 aromatic heterocycles. The van der Waals surface area contributed by atoms with E-state index >= 15 is 0 Å². The summed E-state index contributed by atoms with van der Waals surface area (Å²) in [5, 5.41) is 1.05. The number of benzene rings is 3. The third-order valence-electron chi connectivity index (χ3n) is 7.26. The molecule has 0 radical (unpaired) electrons. The summed E-state index contributed by atoms with van der Waals surface area (Å²) in [6, 6.07) is 31.1. The number of nitrogens with zero attached hydrogens (tertiary/aromatic N) is 3. The van der Waals surface area contributed by atoms with E-state index in [0.717, 1.165) is 44.2 Å². The van der Waals surface area contributed by atoms with Crippen LogP contribution in [0.3, 0.4) is 0 Å².